The van der Waals surface area contributed by atoms with Crippen molar-refractivity contribution < 1.29 is 13.7 Å². The van der Waals surface area contributed by atoms with Crippen molar-refractivity contribution in [3.05, 3.63) is 47.5 Å². The molecule has 0 aliphatic carbocycles. The third-order valence-corrected chi connectivity index (χ3v) is 5.10. The second kappa shape index (κ2) is 8.45. The number of nitrogens with zero attached hydrogens (tertiary/aromatic N) is 2. The zero-order valence-electron chi connectivity index (χ0n) is 15.4. The molecule has 6 heteroatoms. The highest BCUT2D eigenvalue weighted by atomic mass is 19.1. The van der Waals surface area contributed by atoms with E-state index in [0.29, 0.717) is 17.5 Å². The van der Waals surface area contributed by atoms with Gasteiger partial charge in [-0.3, -0.25) is 9.69 Å². The van der Waals surface area contributed by atoms with Gasteiger partial charge in [0.05, 0.1) is 6.04 Å². The summed E-state index contributed by atoms with van der Waals surface area (Å²) in [6.07, 6.45) is 3.81. The summed E-state index contributed by atoms with van der Waals surface area (Å²) in [5.74, 6) is 1.50. The molecule has 0 radical (unpaired) electrons. The second-order valence-electron chi connectivity index (χ2n) is 7.05. The molecule has 3 rings (SSSR count). The maximum Gasteiger partial charge on any atom is 0.242 e. The van der Waals surface area contributed by atoms with E-state index >= 15 is 0 Å². The van der Waals surface area contributed by atoms with Gasteiger partial charge < -0.3 is 9.84 Å². The van der Waals surface area contributed by atoms with Crippen molar-refractivity contribution in [1.29, 1.82) is 0 Å². The Labute approximate surface area is 153 Å². The molecule has 5 nitrogen and oxygen atoms in total. The number of likely N-dealkylation sites (tertiary alicyclic amines) is 1. The molecule has 1 amide bonds. The van der Waals surface area contributed by atoms with Gasteiger partial charge in [-0.05, 0) is 69.3 Å². The Morgan fingerprint density at radius 2 is 2.04 bits per heavy atom. The largest absolute Gasteiger partial charge is 0.360 e. The summed E-state index contributed by atoms with van der Waals surface area (Å²) in [5.41, 5.74) is 1.18. The fourth-order valence-electron chi connectivity index (χ4n) is 3.67. The summed E-state index contributed by atoms with van der Waals surface area (Å²) < 4.78 is 18.0. The number of aromatic nitrogens is 1. The van der Waals surface area contributed by atoms with Crippen LogP contribution in [-0.2, 0) is 11.2 Å². The van der Waals surface area contributed by atoms with Gasteiger partial charge in [0.25, 0.3) is 0 Å². The molecule has 2 aromatic rings. The van der Waals surface area contributed by atoms with Crippen molar-refractivity contribution in [2.24, 2.45) is 5.92 Å². The molecule has 1 saturated heterocycles. The van der Waals surface area contributed by atoms with Crippen LogP contribution in [0.3, 0.4) is 0 Å². The van der Waals surface area contributed by atoms with Gasteiger partial charge in [-0.1, -0.05) is 24.2 Å². The number of benzene rings is 1. The van der Waals surface area contributed by atoms with Crippen LogP contribution in [0.4, 0.5) is 10.2 Å². The standard InChI is InChI=1S/C20H26FN3O2/c1-3-18(20(25)22-19-12-14(2)26-23-19)24-10-8-16(9-11-24)13-15-4-6-17(21)7-5-15/h4-7,12,16,18H,3,8-11,13H2,1-2H3,(H,22,23,25). The van der Waals surface area contributed by atoms with Crippen molar-refractivity contribution in [2.75, 3.05) is 18.4 Å². The topological polar surface area (TPSA) is 58.4 Å². The van der Waals surface area contributed by atoms with Crippen LogP contribution < -0.4 is 5.32 Å². The molecule has 1 aromatic carbocycles. The maximum absolute atomic E-state index is 13.0. The molecule has 26 heavy (non-hydrogen) atoms. The molecule has 140 valence electrons. The van der Waals surface area contributed by atoms with Crippen molar-refractivity contribution in [3.63, 3.8) is 0 Å². The maximum atomic E-state index is 13.0. The summed E-state index contributed by atoms with van der Waals surface area (Å²) in [5, 5.41) is 6.68. The number of hydrogen-bond acceptors (Lipinski definition) is 4. The number of carbonyl (C=O) groups is 1. The fraction of sp³-hybridized carbons (Fsp3) is 0.500. The van der Waals surface area contributed by atoms with Crippen LogP contribution >= 0.6 is 0 Å². The van der Waals surface area contributed by atoms with Gasteiger partial charge in [0.2, 0.25) is 5.91 Å². The van der Waals surface area contributed by atoms with E-state index in [1.54, 1.807) is 13.0 Å². The molecule has 1 unspecified atom stereocenters. The molecule has 0 spiro atoms. The Hall–Kier alpha value is -2.21. The summed E-state index contributed by atoms with van der Waals surface area (Å²) >= 11 is 0. The highest BCUT2D eigenvalue weighted by Crippen LogP contribution is 2.24. The molecule has 1 N–H and O–H groups in total. The summed E-state index contributed by atoms with van der Waals surface area (Å²) in [6, 6.07) is 8.34. The highest BCUT2D eigenvalue weighted by molar-refractivity contribution is 5.93. The van der Waals surface area contributed by atoms with Gasteiger partial charge in [-0.2, -0.15) is 0 Å². The molecule has 0 bridgehead atoms. The predicted octanol–water partition coefficient (Wildman–Crippen LogP) is 3.79. The molecule has 2 heterocycles. The minimum atomic E-state index is -0.192. The lowest BCUT2D eigenvalue weighted by atomic mass is 9.89. The van der Waals surface area contributed by atoms with E-state index in [-0.39, 0.29) is 17.8 Å². The molecular formula is C20H26FN3O2. The molecule has 1 aromatic heterocycles. The van der Waals surface area contributed by atoms with Crippen molar-refractivity contribution in [2.45, 2.75) is 45.6 Å². The molecule has 1 aliphatic heterocycles. The van der Waals surface area contributed by atoms with Crippen LogP contribution in [0.15, 0.2) is 34.9 Å². The van der Waals surface area contributed by atoms with E-state index in [4.69, 9.17) is 4.52 Å². The molecule has 1 fully saturated rings. The first kappa shape index (κ1) is 18.6. The van der Waals surface area contributed by atoms with E-state index in [9.17, 15) is 9.18 Å². The number of rotatable bonds is 6. The number of piperidine rings is 1. The second-order valence-corrected chi connectivity index (χ2v) is 7.05. The highest BCUT2D eigenvalue weighted by Gasteiger charge is 2.29. The van der Waals surface area contributed by atoms with Crippen molar-refractivity contribution in [1.82, 2.24) is 10.1 Å². The monoisotopic (exact) mass is 359 g/mol. The fourth-order valence-corrected chi connectivity index (χ4v) is 3.67. The average Bonchev–Trinajstić information content (AvgIpc) is 3.04. The SMILES string of the molecule is CCC(C(=O)Nc1cc(C)on1)N1CCC(Cc2ccc(F)cc2)CC1. The van der Waals surface area contributed by atoms with Gasteiger partial charge in [0, 0.05) is 6.07 Å². The van der Waals surface area contributed by atoms with Crippen LogP contribution in [-0.4, -0.2) is 35.1 Å². The lowest BCUT2D eigenvalue weighted by Gasteiger charge is -2.36. The lowest BCUT2D eigenvalue weighted by Crippen LogP contribution is -2.47. The van der Waals surface area contributed by atoms with Crippen molar-refractivity contribution in [3.8, 4) is 0 Å². The van der Waals surface area contributed by atoms with Gasteiger partial charge in [-0.15, -0.1) is 0 Å². The van der Waals surface area contributed by atoms with Crippen LogP contribution in [0.1, 0.15) is 37.5 Å². The van der Waals surface area contributed by atoms with E-state index in [1.807, 2.05) is 19.1 Å². The van der Waals surface area contributed by atoms with E-state index < -0.39 is 0 Å². The van der Waals surface area contributed by atoms with E-state index in [1.165, 1.54) is 17.7 Å². The van der Waals surface area contributed by atoms with Crippen LogP contribution in [0.2, 0.25) is 0 Å². The number of hydrogen-bond donors (Lipinski definition) is 1. The quantitative estimate of drug-likeness (QED) is 0.852. The first-order chi connectivity index (χ1) is 12.5. The Kier molecular flexibility index (Phi) is 6.04. The Balaban J connectivity index is 1.51. The zero-order valence-corrected chi connectivity index (χ0v) is 15.4. The minimum Gasteiger partial charge on any atom is -0.360 e. The number of amides is 1. The molecule has 0 saturated carbocycles. The van der Waals surface area contributed by atoms with Crippen LogP contribution in [0.5, 0.6) is 0 Å². The normalized spacial score (nSPS) is 17.2. The number of halogens is 1. The third kappa shape index (κ3) is 4.69. The number of carbonyl (C=O) groups excluding carboxylic acids is 1. The Bertz CT molecular complexity index is 721. The summed E-state index contributed by atoms with van der Waals surface area (Å²) in [6.45, 7) is 5.63. The molecule has 1 atom stereocenters. The summed E-state index contributed by atoms with van der Waals surface area (Å²) in [4.78, 5) is 14.8. The van der Waals surface area contributed by atoms with Crippen LogP contribution in [0.25, 0.3) is 0 Å². The molecule has 1 aliphatic rings. The Morgan fingerprint density at radius 1 is 1.35 bits per heavy atom. The van der Waals surface area contributed by atoms with Gasteiger partial charge in [0.1, 0.15) is 11.6 Å². The third-order valence-electron chi connectivity index (χ3n) is 5.10. The van der Waals surface area contributed by atoms with Crippen LogP contribution in [0, 0.1) is 18.7 Å². The number of anilines is 1. The zero-order chi connectivity index (χ0) is 18.5. The lowest BCUT2D eigenvalue weighted by molar-refractivity contribution is -0.122. The average molecular weight is 359 g/mol. The number of nitrogens with one attached hydrogen (secondary N) is 1. The minimum absolute atomic E-state index is 0.0298. The van der Waals surface area contributed by atoms with Gasteiger partial charge in [0.15, 0.2) is 5.82 Å². The smallest absolute Gasteiger partial charge is 0.242 e. The van der Waals surface area contributed by atoms with Crippen molar-refractivity contribution >= 4 is 11.7 Å². The Morgan fingerprint density at radius 3 is 2.62 bits per heavy atom. The van der Waals surface area contributed by atoms with E-state index in [2.05, 4.69) is 15.4 Å². The van der Waals surface area contributed by atoms with Gasteiger partial charge >= 0.3 is 0 Å². The molecular weight excluding hydrogens is 333 g/mol. The summed E-state index contributed by atoms with van der Waals surface area (Å²) in [7, 11) is 0. The van der Waals surface area contributed by atoms with Gasteiger partial charge in [-0.25, -0.2) is 4.39 Å². The van der Waals surface area contributed by atoms with E-state index in [0.717, 1.165) is 38.8 Å². The number of aryl methyl sites for hydroxylation is 1. The first-order valence-corrected chi connectivity index (χ1v) is 9.28. The first-order valence-electron chi connectivity index (χ1n) is 9.28. The predicted molar refractivity (Wildman–Crippen MR) is 98.3 cm³/mol.